The number of fused-ring (bicyclic) bond motifs is 1. The van der Waals surface area contributed by atoms with E-state index < -0.39 is 5.97 Å². The summed E-state index contributed by atoms with van der Waals surface area (Å²) in [7, 11) is 0. The van der Waals surface area contributed by atoms with Crippen molar-refractivity contribution in [3.8, 4) is 0 Å². The van der Waals surface area contributed by atoms with E-state index in [0.717, 1.165) is 22.7 Å². The van der Waals surface area contributed by atoms with Crippen LogP contribution in [0, 0.1) is 11.3 Å². The van der Waals surface area contributed by atoms with Crippen molar-refractivity contribution in [3.05, 3.63) is 53.8 Å². The molecule has 130 valence electrons. The van der Waals surface area contributed by atoms with Crippen LogP contribution < -0.4 is 0 Å². The van der Waals surface area contributed by atoms with Crippen molar-refractivity contribution in [1.82, 2.24) is 15.0 Å². The summed E-state index contributed by atoms with van der Waals surface area (Å²) in [5.74, 6) is -0.980. The third kappa shape index (κ3) is 3.47. The summed E-state index contributed by atoms with van der Waals surface area (Å²) in [5.41, 5.74) is 2.54. The van der Waals surface area contributed by atoms with Crippen LogP contribution >= 0.6 is 0 Å². The van der Waals surface area contributed by atoms with Gasteiger partial charge in [-0.2, -0.15) is 0 Å². The fourth-order valence-electron chi connectivity index (χ4n) is 2.95. The van der Waals surface area contributed by atoms with E-state index in [2.05, 4.69) is 10.2 Å². The average molecular weight is 339 g/mol. The number of nitrogens with zero attached hydrogens (tertiary/aromatic N) is 3. The van der Waals surface area contributed by atoms with Gasteiger partial charge in [-0.1, -0.05) is 39.0 Å². The van der Waals surface area contributed by atoms with E-state index in [1.165, 1.54) is 4.80 Å². The lowest BCUT2D eigenvalue weighted by molar-refractivity contribution is -0.131. The van der Waals surface area contributed by atoms with Crippen LogP contribution in [0.3, 0.4) is 0 Å². The number of hydrogen-bond acceptors (Lipinski definition) is 4. The number of carboxylic acids is 1. The molecule has 0 radical (unpaired) electrons. The normalized spacial score (nSPS) is 18.8. The van der Waals surface area contributed by atoms with E-state index >= 15 is 0 Å². The first-order valence-corrected chi connectivity index (χ1v) is 8.14. The largest absolute Gasteiger partial charge is 0.506 e. The topological polar surface area (TPSA) is 88.2 Å². The highest BCUT2D eigenvalue weighted by Crippen LogP contribution is 2.40. The molecule has 25 heavy (non-hydrogen) atoms. The summed E-state index contributed by atoms with van der Waals surface area (Å²) in [4.78, 5) is 12.3. The SMILES string of the molecule is CC(C)(C)C1=C(O)C(n2nc3ccccc3n2)=CC(C=CC(=O)O)C1. The van der Waals surface area contributed by atoms with E-state index in [9.17, 15) is 9.90 Å². The minimum Gasteiger partial charge on any atom is -0.506 e. The predicted octanol–water partition coefficient (Wildman–Crippen LogP) is 3.79. The van der Waals surface area contributed by atoms with Gasteiger partial charge in [0.05, 0.1) is 0 Å². The Balaban J connectivity index is 2.11. The summed E-state index contributed by atoms with van der Waals surface area (Å²) in [5, 5.41) is 28.6. The fourth-order valence-corrected chi connectivity index (χ4v) is 2.95. The zero-order chi connectivity index (χ0) is 18.2. The van der Waals surface area contributed by atoms with Crippen LogP contribution in [0.25, 0.3) is 16.7 Å². The first-order valence-electron chi connectivity index (χ1n) is 8.14. The molecule has 0 saturated heterocycles. The number of aliphatic hydroxyl groups is 1. The molecule has 0 aliphatic heterocycles. The maximum atomic E-state index is 10.9. The maximum Gasteiger partial charge on any atom is 0.327 e. The maximum absolute atomic E-state index is 10.9. The highest BCUT2D eigenvalue weighted by Gasteiger charge is 2.30. The van der Waals surface area contributed by atoms with Crippen molar-refractivity contribution in [2.45, 2.75) is 27.2 Å². The Labute approximate surface area is 145 Å². The Hall–Kier alpha value is -2.89. The van der Waals surface area contributed by atoms with Gasteiger partial charge >= 0.3 is 5.97 Å². The van der Waals surface area contributed by atoms with Crippen molar-refractivity contribution in [1.29, 1.82) is 0 Å². The molecule has 0 amide bonds. The van der Waals surface area contributed by atoms with E-state index in [1.54, 1.807) is 6.08 Å². The molecule has 0 spiro atoms. The van der Waals surface area contributed by atoms with Gasteiger partial charge in [-0.25, -0.2) is 4.79 Å². The molecule has 1 aliphatic rings. The second-order valence-electron chi connectivity index (χ2n) is 7.17. The molecule has 1 aliphatic carbocycles. The van der Waals surface area contributed by atoms with Gasteiger partial charge in [0.15, 0.2) is 0 Å². The molecule has 1 heterocycles. The molecule has 2 aromatic rings. The molecule has 1 unspecified atom stereocenters. The molecular weight excluding hydrogens is 318 g/mol. The third-order valence-electron chi connectivity index (χ3n) is 4.23. The molecule has 0 saturated carbocycles. The van der Waals surface area contributed by atoms with Gasteiger partial charge in [-0.05, 0) is 35.6 Å². The number of carboxylic acid groups (broad SMARTS) is 1. The van der Waals surface area contributed by atoms with E-state index in [0.29, 0.717) is 12.1 Å². The highest BCUT2D eigenvalue weighted by molar-refractivity contribution is 5.80. The van der Waals surface area contributed by atoms with E-state index in [4.69, 9.17) is 5.11 Å². The molecule has 0 fully saturated rings. The smallest absolute Gasteiger partial charge is 0.327 e. The number of aliphatic hydroxyl groups excluding tert-OH is 1. The van der Waals surface area contributed by atoms with Gasteiger partial charge in [0.1, 0.15) is 22.5 Å². The minimum atomic E-state index is -0.992. The van der Waals surface area contributed by atoms with E-state index in [-0.39, 0.29) is 17.1 Å². The molecule has 6 heteroatoms. The standard InChI is InChI=1S/C19H21N3O3/c1-19(2,3)13-10-12(8-9-17(23)24)11-16(18(13)25)22-20-14-6-4-5-7-15(14)21-22/h4-9,11-12,25H,10H2,1-3H3,(H,23,24). The van der Waals surface area contributed by atoms with Gasteiger partial charge in [-0.15, -0.1) is 15.0 Å². The van der Waals surface area contributed by atoms with Crippen molar-refractivity contribution in [2.75, 3.05) is 0 Å². The van der Waals surface area contributed by atoms with Crippen molar-refractivity contribution in [2.24, 2.45) is 11.3 Å². The number of allylic oxidation sites excluding steroid dienone is 4. The number of rotatable bonds is 3. The zero-order valence-corrected chi connectivity index (χ0v) is 14.5. The van der Waals surface area contributed by atoms with Crippen molar-refractivity contribution >= 4 is 22.7 Å². The minimum absolute atomic E-state index is 0.148. The Morgan fingerprint density at radius 2 is 1.84 bits per heavy atom. The molecule has 1 aromatic heterocycles. The lowest BCUT2D eigenvalue weighted by Crippen LogP contribution is -2.21. The summed E-state index contributed by atoms with van der Waals surface area (Å²) in [6.07, 6.45) is 5.13. The molecular formula is C19H21N3O3. The van der Waals surface area contributed by atoms with Crippen LogP contribution in [0.4, 0.5) is 0 Å². The molecule has 0 bridgehead atoms. The van der Waals surface area contributed by atoms with Gasteiger partial charge in [0, 0.05) is 12.0 Å². The fraction of sp³-hybridized carbons (Fsp3) is 0.316. The molecule has 1 atom stereocenters. The van der Waals surface area contributed by atoms with Gasteiger partial charge in [-0.3, -0.25) is 0 Å². The lowest BCUT2D eigenvalue weighted by atomic mass is 9.77. The van der Waals surface area contributed by atoms with Crippen LogP contribution in [-0.2, 0) is 4.79 Å². The quantitative estimate of drug-likeness (QED) is 0.831. The van der Waals surface area contributed by atoms with Gasteiger partial charge in [0.2, 0.25) is 0 Å². The van der Waals surface area contributed by atoms with Crippen molar-refractivity contribution < 1.29 is 15.0 Å². The second kappa shape index (κ2) is 6.20. The van der Waals surface area contributed by atoms with Crippen LogP contribution in [-0.4, -0.2) is 31.2 Å². The number of aromatic nitrogens is 3. The average Bonchev–Trinajstić information content (AvgIpc) is 2.96. The first kappa shape index (κ1) is 17.0. The summed E-state index contributed by atoms with van der Waals surface area (Å²) >= 11 is 0. The number of aliphatic carboxylic acids is 1. The third-order valence-corrected chi connectivity index (χ3v) is 4.23. The number of carbonyl (C=O) groups is 1. The Kier molecular flexibility index (Phi) is 4.20. The summed E-state index contributed by atoms with van der Waals surface area (Å²) in [6.45, 7) is 6.06. The zero-order valence-electron chi connectivity index (χ0n) is 14.5. The Bertz CT molecular complexity index is 880. The van der Waals surface area contributed by atoms with Crippen molar-refractivity contribution in [3.63, 3.8) is 0 Å². The predicted molar refractivity (Wildman–Crippen MR) is 95.8 cm³/mol. The van der Waals surface area contributed by atoms with Crippen LogP contribution in [0.1, 0.15) is 27.2 Å². The Morgan fingerprint density at radius 1 is 1.24 bits per heavy atom. The molecule has 3 rings (SSSR count). The van der Waals surface area contributed by atoms with Crippen LogP contribution in [0.5, 0.6) is 0 Å². The van der Waals surface area contributed by atoms with Crippen LogP contribution in [0.2, 0.25) is 0 Å². The number of hydrogen-bond donors (Lipinski definition) is 2. The Morgan fingerprint density at radius 3 is 2.36 bits per heavy atom. The van der Waals surface area contributed by atoms with Gasteiger partial charge in [0.25, 0.3) is 0 Å². The number of benzene rings is 1. The van der Waals surface area contributed by atoms with E-state index in [1.807, 2.05) is 51.1 Å². The summed E-state index contributed by atoms with van der Waals surface area (Å²) in [6, 6.07) is 7.47. The van der Waals surface area contributed by atoms with Crippen LogP contribution in [0.15, 0.2) is 53.8 Å². The lowest BCUT2D eigenvalue weighted by Gasteiger charge is -2.30. The highest BCUT2D eigenvalue weighted by atomic mass is 16.4. The second-order valence-corrected chi connectivity index (χ2v) is 7.17. The monoisotopic (exact) mass is 339 g/mol. The summed E-state index contributed by atoms with van der Waals surface area (Å²) < 4.78 is 0. The first-order chi connectivity index (χ1) is 11.8. The van der Waals surface area contributed by atoms with Gasteiger partial charge < -0.3 is 10.2 Å². The molecule has 1 aromatic carbocycles. The molecule has 2 N–H and O–H groups in total. The molecule has 6 nitrogen and oxygen atoms in total.